The molecule has 15 heavy (non-hydrogen) atoms. The Morgan fingerprint density at radius 2 is 2.07 bits per heavy atom. The van der Waals surface area contributed by atoms with Crippen LogP contribution in [-0.2, 0) is 11.4 Å². The van der Waals surface area contributed by atoms with Crippen molar-refractivity contribution in [3.8, 4) is 0 Å². The third-order valence-electron chi connectivity index (χ3n) is 2.66. The summed E-state index contributed by atoms with van der Waals surface area (Å²) < 4.78 is 14.5. The van der Waals surface area contributed by atoms with E-state index in [9.17, 15) is 4.55 Å². The highest BCUT2D eigenvalue weighted by Gasteiger charge is 2.25. The molecule has 0 aliphatic heterocycles. The maximum absolute atomic E-state index is 11.6. The van der Waals surface area contributed by atoms with Crippen LogP contribution in [0.2, 0.25) is 0 Å². The summed E-state index contributed by atoms with van der Waals surface area (Å²) in [5.41, 5.74) is 0. The van der Waals surface area contributed by atoms with E-state index in [-0.39, 0.29) is 4.75 Å². The van der Waals surface area contributed by atoms with Gasteiger partial charge in [0.05, 0.1) is 0 Å². The molecule has 3 heteroatoms. The van der Waals surface area contributed by atoms with Gasteiger partial charge in [-0.3, -0.25) is 0 Å². The lowest BCUT2D eigenvalue weighted by Gasteiger charge is -2.23. The van der Waals surface area contributed by atoms with Gasteiger partial charge in [-0.05, 0) is 46.0 Å². The number of hydrogen-bond donors (Lipinski definition) is 1. The van der Waals surface area contributed by atoms with Crippen molar-refractivity contribution < 1.29 is 4.55 Å². The molecule has 2 nitrogen and oxygen atoms in total. The Hall–Kier alpha value is 0.0100. The summed E-state index contributed by atoms with van der Waals surface area (Å²) in [6, 6.07) is 0. The topological polar surface area (TPSA) is 35.1 Å². The van der Waals surface area contributed by atoms with E-state index >= 15 is 0 Å². The number of hydrogen-bond acceptors (Lipinski definition) is 2. The molecule has 0 saturated heterocycles. The lowest BCUT2D eigenvalue weighted by atomic mass is 9.85. The number of rotatable bonds is 5. The summed E-state index contributed by atoms with van der Waals surface area (Å²) in [7, 11) is 0. The Morgan fingerprint density at radius 3 is 2.53 bits per heavy atom. The van der Waals surface area contributed by atoms with Crippen molar-refractivity contribution in [2.24, 2.45) is 5.92 Å². The summed E-state index contributed by atoms with van der Waals surface area (Å²) >= 11 is -0.923. The molecule has 88 valence electrons. The molecule has 1 aliphatic carbocycles. The first-order chi connectivity index (χ1) is 7.00. The van der Waals surface area contributed by atoms with Crippen LogP contribution < -0.4 is 4.72 Å². The van der Waals surface area contributed by atoms with Crippen molar-refractivity contribution in [3.63, 3.8) is 0 Å². The van der Waals surface area contributed by atoms with Crippen molar-refractivity contribution in [2.75, 3.05) is 6.54 Å². The fourth-order valence-corrected chi connectivity index (χ4v) is 2.11. The first kappa shape index (κ1) is 13.1. The molecule has 1 N–H and O–H groups in total. The van der Waals surface area contributed by atoms with E-state index in [1.165, 1.54) is 19.3 Å². The molecule has 0 amide bonds. The second-order valence-corrected chi connectivity index (χ2v) is 7.23. The van der Waals surface area contributed by atoms with Crippen LogP contribution in [0.1, 0.15) is 46.5 Å². The fraction of sp³-hybridized carbons (Fsp3) is 0.833. The predicted molar refractivity (Wildman–Crippen MR) is 67.0 cm³/mol. The predicted octanol–water partition coefficient (Wildman–Crippen LogP) is 2.78. The van der Waals surface area contributed by atoms with Crippen molar-refractivity contribution in [3.05, 3.63) is 12.2 Å². The van der Waals surface area contributed by atoms with Crippen molar-refractivity contribution in [1.29, 1.82) is 0 Å². The van der Waals surface area contributed by atoms with Gasteiger partial charge in [0.15, 0.2) is 0 Å². The van der Waals surface area contributed by atoms with Crippen LogP contribution in [0.25, 0.3) is 0 Å². The van der Waals surface area contributed by atoms with Crippen LogP contribution in [-0.4, -0.2) is 15.8 Å². The largest absolute Gasteiger partial charge is 0.598 e. The average molecular weight is 229 g/mol. The quantitative estimate of drug-likeness (QED) is 0.447. The van der Waals surface area contributed by atoms with Gasteiger partial charge in [-0.1, -0.05) is 18.6 Å². The molecule has 0 aromatic carbocycles. The van der Waals surface area contributed by atoms with Gasteiger partial charge >= 0.3 is 0 Å². The van der Waals surface area contributed by atoms with Gasteiger partial charge in [0.2, 0.25) is 0 Å². The minimum Gasteiger partial charge on any atom is -0.598 e. The van der Waals surface area contributed by atoms with Gasteiger partial charge in [0.1, 0.15) is 4.75 Å². The van der Waals surface area contributed by atoms with Crippen LogP contribution in [0.15, 0.2) is 12.2 Å². The van der Waals surface area contributed by atoms with E-state index in [1.54, 1.807) is 0 Å². The Morgan fingerprint density at radius 1 is 1.40 bits per heavy atom. The van der Waals surface area contributed by atoms with Crippen molar-refractivity contribution in [1.82, 2.24) is 4.72 Å². The average Bonchev–Trinajstić information content (AvgIpc) is 2.05. The molecular weight excluding hydrogens is 206 g/mol. The Kier molecular flexibility index (Phi) is 5.16. The van der Waals surface area contributed by atoms with Crippen LogP contribution in [0.3, 0.4) is 0 Å². The summed E-state index contributed by atoms with van der Waals surface area (Å²) in [4.78, 5) is 0. The highest BCUT2D eigenvalue weighted by Crippen LogP contribution is 2.27. The Bertz CT molecular complexity index is 206. The SMILES string of the molecule is CC(C)(C)[S+]([O-])NCCC=CC1CCC1. The number of nitrogens with one attached hydrogen (secondary N) is 1. The summed E-state index contributed by atoms with van der Waals surface area (Å²) in [6.45, 7) is 6.77. The zero-order valence-electron chi connectivity index (χ0n) is 10.1. The van der Waals surface area contributed by atoms with Gasteiger partial charge in [0.25, 0.3) is 0 Å². The van der Waals surface area contributed by atoms with E-state index in [1.807, 2.05) is 20.8 Å². The van der Waals surface area contributed by atoms with Gasteiger partial charge in [-0.25, -0.2) is 0 Å². The molecule has 0 bridgehead atoms. The standard InChI is InChI=1S/C12H23NOS/c1-12(2,3)15(14)13-10-5-4-7-11-8-6-9-11/h4,7,11,13H,5-6,8-10H2,1-3H3. The zero-order valence-corrected chi connectivity index (χ0v) is 10.9. The molecule has 1 atom stereocenters. The second-order valence-electron chi connectivity index (χ2n) is 5.18. The van der Waals surface area contributed by atoms with E-state index in [0.717, 1.165) is 18.9 Å². The maximum Gasteiger partial charge on any atom is 0.136 e. The fourth-order valence-electron chi connectivity index (χ4n) is 1.37. The minimum atomic E-state index is -0.923. The van der Waals surface area contributed by atoms with Gasteiger partial charge in [0, 0.05) is 17.9 Å². The van der Waals surface area contributed by atoms with Gasteiger partial charge in [-0.15, -0.1) is 4.72 Å². The first-order valence-corrected chi connectivity index (χ1v) is 6.97. The lowest BCUT2D eigenvalue weighted by Crippen LogP contribution is -2.39. The molecule has 1 fully saturated rings. The van der Waals surface area contributed by atoms with E-state index in [2.05, 4.69) is 16.9 Å². The van der Waals surface area contributed by atoms with Gasteiger partial charge in [-0.2, -0.15) is 0 Å². The van der Waals surface area contributed by atoms with Crippen LogP contribution >= 0.6 is 0 Å². The Balaban J connectivity index is 2.03. The van der Waals surface area contributed by atoms with Crippen LogP contribution in [0, 0.1) is 5.92 Å². The highest BCUT2D eigenvalue weighted by molar-refractivity contribution is 7.90. The zero-order chi connectivity index (χ0) is 11.3. The smallest absolute Gasteiger partial charge is 0.136 e. The van der Waals surface area contributed by atoms with E-state index in [4.69, 9.17) is 0 Å². The number of allylic oxidation sites excluding steroid dienone is 1. The second kappa shape index (κ2) is 5.92. The Labute approximate surface area is 96.8 Å². The molecule has 0 aromatic rings. The molecule has 0 aromatic heterocycles. The minimum absolute atomic E-state index is 0.155. The summed E-state index contributed by atoms with van der Waals surface area (Å²) in [6.07, 6.45) is 9.62. The van der Waals surface area contributed by atoms with Crippen molar-refractivity contribution in [2.45, 2.75) is 51.2 Å². The van der Waals surface area contributed by atoms with Crippen LogP contribution in [0.4, 0.5) is 0 Å². The maximum atomic E-state index is 11.6. The van der Waals surface area contributed by atoms with Crippen LogP contribution in [0.5, 0.6) is 0 Å². The molecule has 1 rings (SSSR count). The molecular formula is C12H23NOS. The molecule has 0 spiro atoms. The summed E-state index contributed by atoms with van der Waals surface area (Å²) in [5.74, 6) is 0.832. The van der Waals surface area contributed by atoms with E-state index < -0.39 is 11.4 Å². The molecule has 1 unspecified atom stereocenters. The van der Waals surface area contributed by atoms with E-state index in [0.29, 0.717) is 0 Å². The lowest BCUT2D eigenvalue weighted by molar-refractivity contribution is 0.387. The van der Waals surface area contributed by atoms with Gasteiger partial charge < -0.3 is 4.55 Å². The normalized spacial score (nSPS) is 20.5. The first-order valence-electron chi connectivity index (χ1n) is 5.82. The summed E-state index contributed by atoms with van der Waals surface area (Å²) in [5, 5.41) is 0. The van der Waals surface area contributed by atoms with Crippen molar-refractivity contribution >= 4 is 11.4 Å². The molecule has 1 saturated carbocycles. The monoisotopic (exact) mass is 229 g/mol. The third kappa shape index (κ3) is 5.05. The third-order valence-corrected chi connectivity index (χ3v) is 4.24. The molecule has 0 radical (unpaired) electrons. The highest BCUT2D eigenvalue weighted by atomic mass is 32.2. The molecule has 1 aliphatic rings. The molecule has 0 heterocycles.